The molecule has 2 fully saturated rings. The van der Waals surface area contributed by atoms with E-state index in [4.69, 9.17) is 0 Å². The molecule has 1 N–H and O–H groups in total. The molecule has 21 heavy (non-hydrogen) atoms. The molecule has 1 aromatic heterocycles. The predicted molar refractivity (Wildman–Crippen MR) is 78.8 cm³/mol. The number of para-hydroxylation sites is 1. The summed E-state index contributed by atoms with van der Waals surface area (Å²) >= 11 is 0. The largest absolute Gasteiger partial charge is 0.332 e. The van der Waals surface area contributed by atoms with Gasteiger partial charge in [-0.1, -0.05) is 12.1 Å². The summed E-state index contributed by atoms with van der Waals surface area (Å²) in [4.78, 5) is 33.9. The number of amides is 1. The van der Waals surface area contributed by atoms with Crippen LogP contribution in [0.15, 0.2) is 29.1 Å². The summed E-state index contributed by atoms with van der Waals surface area (Å²) in [6.45, 7) is 0.774. The summed E-state index contributed by atoms with van der Waals surface area (Å²) in [5.41, 5.74) is 0.572. The number of nitrogens with one attached hydrogen (secondary N) is 1. The van der Waals surface area contributed by atoms with E-state index in [1.165, 1.54) is 0 Å². The Kier molecular flexibility index (Phi) is 2.80. The zero-order valence-electron chi connectivity index (χ0n) is 11.7. The Hall–Kier alpha value is -2.17. The standard InChI is InChI=1S/C16H17N3O2/c20-15-11-4-1-2-5-12(11)17-14(18-15)13-6-3-9-19(13)16(21)10-7-8-10/h1-2,4-5,10,13H,3,6-9H2,(H,17,18,20). The van der Waals surface area contributed by atoms with Crippen molar-refractivity contribution in [3.8, 4) is 0 Å². The van der Waals surface area contributed by atoms with Crippen molar-refractivity contribution < 1.29 is 4.79 Å². The Morgan fingerprint density at radius 3 is 2.86 bits per heavy atom. The first-order chi connectivity index (χ1) is 10.2. The molecule has 4 rings (SSSR count). The second-order valence-corrected chi connectivity index (χ2v) is 5.93. The Morgan fingerprint density at radius 2 is 2.05 bits per heavy atom. The summed E-state index contributed by atoms with van der Waals surface area (Å²) in [7, 11) is 0. The molecule has 1 unspecified atom stereocenters. The topological polar surface area (TPSA) is 66.1 Å². The molecule has 1 amide bonds. The van der Waals surface area contributed by atoms with Crippen LogP contribution in [-0.4, -0.2) is 27.3 Å². The third-order valence-electron chi connectivity index (χ3n) is 4.41. The molecule has 2 heterocycles. The SMILES string of the molecule is O=C(C1CC1)N1CCCC1c1nc2ccccc2c(=O)[nH]1. The van der Waals surface area contributed by atoms with Gasteiger partial charge in [0.25, 0.3) is 5.56 Å². The van der Waals surface area contributed by atoms with Crippen LogP contribution in [0.5, 0.6) is 0 Å². The van der Waals surface area contributed by atoms with E-state index in [9.17, 15) is 9.59 Å². The van der Waals surface area contributed by atoms with Crippen molar-refractivity contribution in [2.75, 3.05) is 6.54 Å². The van der Waals surface area contributed by atoms with Gasteiger partial charge in [0.1, 0.15) is 5.82 Å². The van der Waals surface area contributed by atoms with E-state index >= 15 is 0 Å². The number of likely N-dealkylation sites (tertiary alicyclic amines) is 1. The molecular formula is C16H17N3O2. The Balaban J connectivity index is 1.75. The third-order valence-corrected chi connectivity index (χ3v) is 4.41. The van der Waals surface area contributed by atoms with Crippen LogP contribution in [0.4, 0.5) is 0 Å². The monoisotopic (exact) mass is 283 g/mol. The van der Waals surface area contributed by atoms with Crippen LogP contribution in [0, 0.1) is 5.92 Å². The number of benzene rings is 1. The number of aromatic nitrogens is 2. The van der Waals surface area contributed by atoms with E-state index in [2.05, 4.69) is 9.97 Å². The lowest BCUT2D eigenvalue weighted by Crippen LogP contribution is -2.33. The number of hydrogen-bond donors (Lipinski definition) is 1. The van der Waals surface area contributed by atoms with Crippen LogP contribution in [0.2, 0.25) is 0 Å². The van der Waals surface area contributed by atoms with E-state index in [-0.39, 0.29) is 23.4 Å². The molecule has 1 aliphatic heterocycles. The number of carbonyl (C=O) groups is 1. The lowest BCUT2D eigenvalue weighted by atomic mass is 10.1. The van der Waals surface area contributed by atoms with Crippen molar-refractivity contribution >= 4 is 16.8 Å². The number of carbonyl (C=O) groups excluding carboxylic acids is 1. The van der Waals surface area contributed by atoms with E-state index in [0.717, 1.165) is 32.2 Å². The van der Waals surface area contributed by atoms with Crippen LogP contribution in [-0.2, 0) is 4.79 Å². The number of fused-ring (bicyclic) bond motifs is 1. The fourth-order valence-corrected chi connectivity index (χ4v) is 3.14. The van der Waals surface area contributed by atoms with Crippen molar-refractivity contribution in [1.82, 2.24) is 14.9 Å². The molecule has 0 spiro atoms. The highest BCUT2D eigenvalue weighted by Crippen LogP contribution is 2.37. The highest BCUT2D eigenvalue weighted by atomic mass is 16.2. The van der Waals surface area contributed by atoms with Gasteiger partial charge in [0.15, 0.2) is 0 Å². The summed E-state index contributed by atoms with van der Waals surface area (Å²) in [6.07, 6.45) is 3.85. The zero-order chi connectivity index (χ0) is 14.4. The molecule has 1 atom stereocenters. The normalized spacial score (nSPS) is 21.9. The molecule has 2 aliphatic rings. The fraction of sp³-hybridized carbons (Fsp3) is 0.438. The van der Waals surface area contributed by atoms with Gasteiger partial charge in [-0.05, 0) is 37.8 Å². The molecule has 0 radical (unpaired) electrons. The molecular weight excluding hydrogens is 266 g/mol. The van der Waals surface area contributed by atoms with Gasteiger partial charge in [-0.2, -0.15) is 0 Å². The molecule has 5 heteroatoms. The van der Waals surface area contributed by atoms with E-state index in [0.29, 0.717) is 16.7 Å². The van der Waals surface area contributed by atoms with Crippen molar-refractivity contribution in [3.05, 3.63) is 40.4 Å². The van der Waals surface area contributed by atoms with Gasteiger partial charge in [-0.15, -0.1) is 0 Å². The van der Waals surface area contributed by atoms with Gasteiger partial charge in [0, 0.05) is 12.5 Å². The third kappa shape index (κ3) is 2.13. The van der Waals surface area contributed by atoms with Crippen molar-refractivity contribution in [2.24, 2.45) is 5.92 Å². The van der Waals surface area contributed by atoms with E-state index in [1.807, 2.05) is 23.1 Å². The minimum Gasteiger partial charge on any atom is -0.332 e. The number of nitrogens with zero attached hydrogens (tertiary/aromatic N) is 2. The Morgan fingerprint density at radius 1 is 1.24 bits per heavy atom. The van der Waals surface area contributed by atoms with E-state index < -0.39 is 0 Å². The number of aromatic amines is 1. The first-order valence-electron chi connectivity index (χ1n) is 7.53. The molecule has 1 aromatic carbocycles. The van der Waals surface area contributed by atoms with Gasteiger partial charge in [0.05, 0.1) is 16.9 Å². The van der Waals surface area contributed by atoms with Gasteiger partial charge in [-0.25, -0.2) is 4.98 Å². The second-order valence-electron chi connectivity index (χ2n) is 5.93. The van der Waals surface area contributed by atoms with Crippen LogP contribution < -0.4 is 5.56 Å². The lowest BCUT2D eigenvalue weighted by Gasteiger charge is -2.24. The molecule has 108 valence electrons. The first-order valence-corrected chi connectivity index (χ1v) is 7.53. The maximum atomic E-state index is 12.3. The molecule has 5 nitrogen and oxygen atoms in total. The summed E-state index contributed by atoms with van der Waals surface area (Å²) in [5.74, 6) is 1.07. The minimum atomic E-state index is -0.124. The lowest BCUT2D eigenvalue weighted by molar-refractivity contribution is -0.133. The quantitative estimate of drug-likeness (QED) is 0.916. The van der Waals surface area contributed by atoms with Crippen LogP contribution in [0.3, 0.4) is 0 Å². The maximum absolute atomic E-state index is 12.3. The number of rotatable bonds is 2. The fourth-order valence-electron chi connectivity index (χ4n) is 3.14. The molecule has 2 aromatic rings. The number of H-pyrrole nitrogens is 1. The van der Waals surface area contributed by atoms with Gasteiger partial charge < -0.3 is 9.88 Å². The van der Waals surface area contributed by atoms with Crippen LogP contribution in [0.25, 0.3) is 10.9 Å². The van der Waals surface area contributed by atoms with Crippen molar-refractivity contribution in [1.29, 1.82) is 0 Å². The highest BCUT2D eigenvalue weighted by Gasteiger charge is 2.39. The Labute approximate surface area is 122 Å². The van der Waals surface area contributed by atoms with Gasteiger partial charge >= 0.3 is 0 Å². The van der Waals surface area contributed by atoms with Crippen molar-refractivity contribution in [3.63, 3.8) is 0 Å². The maximum Gasteiger partial charge on any atom is 0.258 e. The molecule has 1 saturated heterocycles. The average Bonchev–Trinajstić information content (AvgIpc) is 3.23. The smallest absolute Gasteiger partial charge is 0.258 e. The van der Waals surface area contributed by atoms with Gasteiger partial charge in [-0.3, -0.25) is 9.59 Å². The van der Waals surface area contributed by atoms with Crippen LogP contribution >= 0.6 is 0 Å². The zero-order valence-corrected chi connectivity index (χ0v) is 11.7. The minimum absolute atomic E-state index is 0.0737. The number of hydrogen-bond acceptors (Lipinski definition) is 3. The van der Waals surface area contributed by atoms with Crippen molar-refractivity contribution in [2.45, 2.75) is 31.7 Å². The molecule has 1 saturated carbocycles. The Bertz CT molecular complexity index is 763. The summed E-state index contributed by atoms with van der Waals surface area (Å²) in [5, 5.41) is 0.597. The first kappa shape index (κ1) is 12.6. The predicted octanol–water partition coefficient (Wildman–Crippen LogP) is 2.00. The molecule has 1 aliphatic carbocycles. The highest BCUT2D eigenvalue weighted by molar-refractivity contribution is 5.82. The van der Waals surface area contributed by atoms with Crippen LogP contribution in [0.1, 0.15) is 37.5 Å². The summed E-state index contributed by atoms with van der Waals surface area (Å²) in [6, 6.07) is 7.25. The average molecular weight is 283 g/mol. The van der Waals surface area contributed by atoms with E-state index in [1.54, 1.807) is 6.07 Å². The van der Waals surface area contributed by atoms with Gasteiger partial charge in [0.2, 0.25) is 5.91 Å². The second kappa shape index (κ2) is 4.69. The molecule has 0 bridgehead atoms. The summed E-state index contributed by atoms with van der Waals surface area (Å²) < 4.78 is 0.